The number of aromatic nitrogens is 1. The van der Waals surface area contributed by atoms with Crippen LogP contribution in [0.5, 0.6) is 5.75 Å². The summed E-state index contributed by atoms with van der Waals surface area (Å²) in [6.07, 6.45) is 1.07. The van der Waals surface area contributed by atoms with Crippen molar-refractivity contribution in [2.75, 3.05) is 13.2 Å². The third kappa shape index (κ3) is 6.27. The Balaban J connectivity index is 0.00000210. The fourth-order valence-electron chi connectivity index (χ4n) is 2.53. The number of esters is 1. The quantitative estimate of drug-likeness (QED) is 0.545. The molecule has 0 radical (unpaired) electrons. The van der Waals surface area contributed by atoms with Crippen LogP contribution in [0.15, 0.2) is 54.7 Å². The molecule has 2 aromatic carbocycles. The van der Waals surface area contributed by atoms with Gasteiger partial charge in [0, 0.05) is 5.39 Å². The number of halogens is 3. The van der Waals surface area contributed by atoms with E-state index < -0.39 is 17.8 Å². The van der Waals surface area contributed by atoms with Crippen molar-refractivity contribution in [3.63, 3.8) is 0 Å². The lowest BCUT2D eigenvalue weighted by Crippen LogP contribution is -2.31. The average molecular weight is 443 g/mol. The first kappa shape index (κ1) is 24.6. The van der Waals surface area contributed by atoms with Crippen LogP contribution in [-0.4, -0.2) is 35.3 Å². The molecule has 0 spiro atoms. The molecule has 29 heavy (non-hydrogen) atoms. The maximum Gasteiger partial charge on any atom is 0.342 e. The molecule has 0 amide bonds. The number of rotatable bonds is 7. The van der Waals surface area contributed by atoms with E-state index in [0.717, 1.165) is 11.8 Å². The number of ether oxygens (including phenoxy) is 2. The molecule has 3 N–H and O–H groups in total. The van der Waals surface area contributed by atoms with Crippen molar-refractivity contribution in [1.82, 2.24) is 4.98 Å². The van der Waals surface area contributed by atoms with E-state index >= 15 is 0 Å². The van der Waals surface area contributed by atoms with Gasteiger partial charge in [0.15, 0.2) is 0 Å². The molecule has 0 saturated heterocycles. The van der Waals surface area contributed by atoms with Crippen LogP contribution < -0.4 is 10.5 Å². The van der Waals surface area contributed by atoms with Gasteiger partial charge < -0.3 is 20.3 Å². The van der Waals surface area contributed by atoms with Crippen molar-refractivity contribution in [2.24, 2.45) is 5.73 Å². The number of benzene rings is 2. The summed E-state index contributed by atoms with van der Waals surface area (Å²) in [6.45, 7) is -0.213. The van der Waals surface area contributed by atoms with Gasteiger partial charge in [-0.25, -0.2) is 9.18 Å². The Morgan fingerprint density at radius 2 is 1.90 bits per heavy atom. The second kappa shape index (κ2) is 11.5. The molecule has 0 unspecified atom stereocenters. The highest BCUT2D eigenvalue weighted by Gasteiger charge is 2.20. The summed E-state index contributed by atoms with van der Waals surface area (Å²) in [5.74, 6) is -1.05. The Morgan fingerprint density at radius 3 is 2.59 bits per heavy atom. The van der Waals surface area contributed by atoms with Gasteiger partial charge in [-0.05, 0) is 23.8 Å². The number of pyridine rings is 1. The minimum absolute atomic E-state index is 0. The first-order chi connectivity index (χ1) is 13.1. The molecule has 0 fully saturated rings. The molecule has 0 bridgehead atoms. The number of fused-ring (bicyclic) bond motifs is 1. The van der Waals surface area contributed by atoms with E-state index in [-0.39, 0.29) is 61.3 Å². The minimum Gasteiger partial charge on any atom is -0.491 e. The summed E-state index contributed by atoms with van der Waals surface area (Å²) in [7, 11) is 0. The molecule has 0 aliphatic heterocycles. The summed E-state index contributed by atoms with van der Waals surface area (Å²) in [5, 5.41) is 9.33. The highest BCUT2D eigenvalue weighted by molar-refractivity contribution is 6.06. The van der Waals surface area contributed by atoms with Crippen LogP contribution in [0.25, 0.3) is 10.9 Å². The number of hydrogen-bond acceptors (Lipinski definition) is 6. The lowest BCUT2D eigenvalue weighted by molar-refractivity contribution is 0.0470. The van der Waals surface area contributed by atoms with Gasteiger partial charge >= 0.3 is 5.97 Å². The van der Waals surface area contributed by atoms with Crippen LogP contribution >= 0.6 is 24.8 Å². The summed E-state index contributed by atoms with van der Waals surface area (Å²) in [5.41, 5.74) is 6.98. The maximum absolute atomic E-state index is 13.7. The van der Waals surface area contributed by atoms with Gasteiger partial charge in [0.2, 0.25) is 0 Å². The number of hydrogen-bond donors (Lipinski definition) is 2. The SMILES string of the molecule is Cl.Cl.N[C@H](CO)COc1ccc2ncc(F)cc2c1C(=O)OCc1ccccc1. The van der Waals surface area contributed by atoms with Crippen molar-refractivity contribution in [2.45, 2.75) is 12.6 Å². The third-order valence-corrected chi connectivity index (χ3v) is 3.90. The highest BCUT2D eigenvalue weighted by Crippen LogP contribution is 2.29. The Morgan fingerprint density at radius 1 is 1.17 bits per heavy atom. The van der Waals surface area contributed by atoms with E-state index in [1.165, 1.54) is 6.07 Å². The molecule has 156 valence electrons. The second-order valence-electron chi connectivity index (χ2n) is 5.97. The molecule has 6 nitrogen and oxygen atoms in total. The largest absolute Gasteiger partial charge is 0.491 e. The number of aliphatic hydroxyl groups excluding tert-OH is 1. The van der Waals surface area contributed by atoms with Crippen molar-refractivity contribution in [3.05, 3.63) is 71.7 Å². The summed E-state index contributed by atoms with van der Waals surface area (Å²) in [6, 6.07) is 13.0. The summed E-state index contributed by atoms with van der Waals surface area (Å²) >= 11 is 0. The Labute approximate surface area is 179 Å². The molecule has 0 saturated carbocycles. The van der Waals surface area contributed by atoms with Crippen LogP contribution in [0, 0.1) is 5.82 Å². The molecule has 1 heterocycles. The zero-order valence-electron chi connectivity index (χ0n) is 15.3. The second-order valence-corrected chi connectivity index (χ2v) is 5.97. The number of nitrogens with two attached hydrogens (primary N) is 1. The molecule has 0 aliphatic rings. The lowest BCUT2D eigenvalue weighted by Gasteiger charge is -2.15. The zero-order chi connectivity index (χ0) is 19.2. The molecule has 3 aromatic rings. The van der Waals surface area contributed by atoms with Gasteiger partial charge in [-0.15, -0.1) is 24.8 Å². The van der Waals surface area contributed by atoms with Crippen LogP contribution in [0.2, 0.25) is 0 Å². The third-order valence-electron chi connectivity index (χ3n) is 3.90. The molecule has 1 atom stereocenters. The van der Waals surface area contributed by atoms with Crippen molar-refractivity contribution < 1.29 is 23.8 Å². The molecule has 1 aromatic heterocycles. The standard InChI is InChI=1S/C20H19FN2O4.2ClH/c21-14-8-16-17(23-9-14)6-7-18(26-12-15(22)10-24)19(16)20(25)27-11-13-4-2-1-3-5-13;;/h1-9,15,24H,10-12,22H2;2*1H/t15-;;/m1../s1. The fraction of sp³-hybridized carbons (Fsp3) is 0.200. The van der Waals surface area contributed by atoms with Crippen molar-refractivity contribution in [1.29, 1.82) is 0 Å². The topological polar surface area (TPSA) is 94.7 Å². The normalized spacial score (nSPS) is 11.1. The first-order valence-corrected chi connectivity index (χ1v) is 8.37. The molecule has 0 aliphatic carbocycles. The van der Waals surface area contributed by atoms with Crippen molar-refractivity contribution >= 4 is 41.7 Å². The highest BCUT2D eigenvalue weighted by atomic mass is 35.5. The Kier molecular flexibility index (Phi) is 9.77. The van der Waals surface area contributed by atoms with Gasteiger partial charge in [-0.2, -0.15) is 0 Å². The van der Waals surface area contributed by atoms with E-state index in [4.69, 9.17) is 20.3 Å². The van der Waals surface area contributed by atoms with Crippen LogP contribution in [0.1, 0.15) is 15.9 Å². The minimum atomic E-state index is -0.663. The van der Waals surface area contributed by atoms with Gasteiger partial charge in [-0.1, -0.05) is 30.3 Å². The predicted molar refractivity (Wildman–Crippen MR) is 112 cm³/mol. The zero-order valence-corrected chi connectivity index (χ0v) is 16.9. The molecule has 3 rings (SSSR count). The lowest BCUT2D eigenvalue weighted by atomic mass is 10.1. The molecular formula is C20H21Cl2FN2O4. The Hall–Kier alpha value is -2.45. The maximum atomic E-state index is 13.7. The van der Waals surface area contributed by atoms with Crippen LogP contribution in [0.3, 0.4) is 0 Å². The van der Waals surface area contributed by atoms with E-state index in [1.807, 2.05) is 30.3 Å². The van der Waals surface area contributed by atoms with Gasteiger partial charge in [-0.3, -0.25) is 4.98 Å². The number of nitrogens with zero attached hydrogens (tertiary/aromatic N) is 1. The number of carbonyl (C=O) groups excluding carboxylic acids is 1. The Bertz CT molecular complexity index is 944. The summed E-state index contributed by atoms with van der Waals surface area (Å²) < 4.78 is 24.7. The van der Waals surface area contributed by atoms with E-state index in [2.05, 4.69) is 4.98 Å². The molecular weight excluding hydrogens is 422 g/mol. The van der Waals surface area contributed by atoms with Crippen molar-refractivity contribution in [3.8, 4) is 5.75 Å². The molecule has 9 heteroatoms. The fourth-order valence-corrected chi connectivity index (χ4v) is 2.53. The predicted octanol–water partition coefficient (Wildman–Crippen LogP) is 3.27. The van der Waals surface area contributed by atoms with Gasteiger partial charge in [0.05, 0.1) is 24.4 Å². The van der Waals surface area contributed by atoms with Crippen LogP contribution in [0.4, 0.5) is 4.39 Å². The van der Waals surface area contributed by atoms with Crippen LogP contribution in [-0.2, 0) is 11.3 Å². The van der Waals surface area contributed by atoms with E-state index in [9.17, 15) is 9.18 Å². The summed E-state index contributed by atoms with van der Waals surface area (Å²) in [4.78, 5) is 16.7. The first-order valence-electron chi connectivity index (χ1n) is 8.37. The number of aliphatic hydroxyl groups is 1. The average Bonchev–Trinajstić information content (AvgIpc) is 2.70. The monoisotopic (exact) mass is 442 g/mol. The van der Waals surface area contributed by atoms with E-state index in [0.29, 0.717) is 5.52 Å². The smallest absolute Gasteiger partial charge is 0.342 e. The van der Waals surface area contributed by atoms with Gasteiger partial charge in [0.25, 0.3) is 0 Å². The van der Waals surface area contributed by atoms with E-state index in [1.54, 1.807) is 12.1 Å². The van der Waals surface area contributed by atoms with Gasteiger partial charge in [0.1, 0.15) is 30.3 Å². The number of carbonyl (C=O) groups is 1.